The molecule has 1 saturated heterocycles. The molecular formula is C16H26N2O. The van der Waals surface area contributed by atoms with Gasteiger partial charge < -0.3 is 10.5 Å². The SMILES string of the molecule is Cc1ccc(OCCN2CCCC(C(C)N)C2)cc1. The Morgan fingerprint density at radius 1 is 1.37 bits per heavy atom. The molecule has 0 amide bonds. The second kappa shape index (κ2) is 6.92. The number of aryl methyl sites for hydroxylation is 1. The van der Waals surface area contributed by atoms with Crippen molar-refractivity contribution >= 4 is 0 Å². The lowest BCUT2D eigenvalue weighted by Gasteiger charge is -2.34. The molecule has 3 heteroatoms. The Labute approximate surface area is 116 Å². The quantitative estimate of drug-likeness (QED) is 0.885. The van der Waals surface area contributed by atoms with Gasteiger partial charge in [0.05, 0.1) is 0 Å². The molecule has 2 rings (SSSR count). The lowest BCUT2D eigenvalue weighted by atomic mass is 9.92. The monoisotopic (exact) mass is 262 g/mol. The molecule has 1 fully saturated rings. The van der Waals surface area contributed by atoms with Crippen molar-refractivity contribution in [3.8, 4) is 5.75 Å². The predicted octanol–water partition coefficient (Wildman–Crippen LogP) is 2.43. The van der Waals surface area contributed by atoms with Crippen LogP contribution in [0.25, 0.3) is 0 Å². The number of hydrogen-bond acceptors (Lipinski definition) is 3. The molecule has 0 aliphatic carbocycles. The van der Waals surface area contributed by atoms with Crippen molar-refractivity contribution in [1.29, 1.82) is 0 Å². The van der Waals surface area contributed by atoms with E-state index in [2.05, 4.69) is 30.9 Å². The van der Waals surface area contributed by atoms with Crippen LogP contribution in [0.5, 0.6) is 5.75 Å². The van der Waals surface area contributed by atoms with Crippen LogP contribution in [-0.2, 0) is 0 Å². The molecule has 1 aliphatic rings. The summed E-state index contributed by atoms with van der Waals surface area (Å²) >= 11 is 0. The highest BCUT2D eigenvalue weighted by Crippen LogP contribution is 2.18. The van der Waals surface area contributed by atoms with Gasteiger partial charge in [0.15, 0.2) is 0 Å². The van der Waals surface area contributed by atoms with Crippen LogP contribution in [0.15, 0.2) is 24.3 Å². The van der Waals surface area contributed by atoms with Crippen LogP contribution in [-0.4, -0.2) is 37.2 Å². The van der Waals surface area contributed by atoms with Gasteiger partial charge in [-0.25, -0.2) is 0 Å². The van der Waals surface area contributed by atoms with Crippen LogP contribution in [0.4, 0.5) is 0 Å². The summed E-state index contributed by atoms with van der Waals surface area (Å²) in [5.41, 5.74) is 7.27. The van der Waals surface area contributed by atoms with E-state index in [1.54, 1.807) is 0 Å². The van der Waals surface area contributed by atoms with Gasteiger partial charge in [-0.15, -0.1) is 0 Å². The number of nitrogens with two attached hydrogens (primary N) is 1. The molecule has 2 unspecified atom stereocenters. The van der Waals surface area contributed by atoms with E-state index in [9.17, 15) is 0 Å². The van der Waals surface area contributed by atoms with E-state index in [0.29, 0.717) is 12.0 Å². The Morgan fingerprint density at radius 2 is 2.11 bits per heavy atom. The van der Waals surface area contributed by atoms with Gasteiger partial charge in [-0.05, 0) is 51.3 Å². The predicted molar refractivity (Wildman–Crippen MR) is 79.5 cm³/mol. The van der Waals surface area contributed by atoms with Gasteiger partial charge in [-0.3, -0.25) is 4.90 Å². The minimum Gasteiger partial charge on any atom is -0.492 e. The Hall–Kier alpha value is -1.06. The second-order valence-corrected chi connectivity index (χ2v) is 5.72. The smallest absolute Gasteiger partial charge is 0.119 e. The van der Waals surface area contributed by atoms with E-state index in [-0.39, 0.29) is 0 Å². The zero-order valence-corrected chi connectivity index (χ0v) is 12.1. The molecular weight excluding hydrogens is 236 g/mol. The van der Waals surface area contributed by atoms with E-state index in [4.69, 9.17) is 10.5 Å². The number of ether oxygens (including phenoxy) is 1. The van der Waals surface area contributed by atoms with Crippen molar-refractivity contribution in [3.05, 3.63) is 29.8 Å². The molecule has 0 bridgehead atoms. The van der Waals surface area contributed by atoms with Gasteiger partial charge in [0.2, 0.25) is 0 Å². The second-order valence-electron chi connectivity index (χ2n) is 5.72. The van der Waals surface area contributed by atoms with Crippen molar-refractivity contribution < 1.29 is 4.74 Å². The zero-order valence-electron chi connectivity index (χ0n) is 12.1. The molecule has 106 valence electrons. The maximum absolute atomic E-state index is 6.01. The average Bonchev–Trinajstić information content (AvgIpc) is 2.41. The maximum Gasteiger partial charge on any atom is 0.119 e. The molecule has 19 heavy (non-hydrogen) atoms. The first-order valence-corrected chi connectivity index (χ1v) is 7.32. The first-order valence-electron chi connectivity index (χ1n) is 7.32. The van der Waals surface area contributed by atoms with Gasteiger partial charge in [-0.1, -0.05) is 17.7 Å². The third-order valence-corrected chi connectivity index (χ3v) is 3.98. The first-order chi connectivity index (χ1) is 9.15. The van der Waals surface area contributed by atoms with Crippen molar-refractivity contribution in [2.75, 3.05) is 26.2 Å². The van der Waals surface area contributed by atoms with Gasteiger partial charge in [-0.2, -0.15) is 0 Å². The molecule has 1 heterocycles. The van der Waals surface area contributed by atoms with E-state index < -0.39 is 0 Å². The van der Waals surface area contributed by atoms with Crippen LogP contribution in [0, 0.1) is 12.8 Å². The van der Waals surface area contributed by atoms with Gasteiger partial charge in [0, 0.05) is 19.1 Å². The Morgan fingerprint density at radius 3 is 2.79 bits per heavy atom. The fourth-order valence-electron chi connectivity index (χ4n) is 2.65. The molecule has 1 aliphatic heterocycles. The first kappa shape index (κ1) is 14.4. The topological polar surface area (TPSA) is 38.5 Å². The molecule has 1 aromatic rings. The van der Waals surface area contributed by atoms with Crippen molar-refractivity contribution in [2.24, 2.45) is 11.7 Å². The van der Waals surface area contributed by atoms with Crippen LogP contribution in [0.3, 0.4) is 0 Å². The van der Waals surface area contributed by atoms with Gasteiger partial charge in [0.25, 0.3) is 0 Å². The van der Waals surface area contributed by atoms with Crippen LogP contribution in [0.2, 0.25) is 0 Å². The Bertz CT molecular complexity index is 375. The van der Waals surface area contributed by atoms with Crippen molar-refractivity contribution in [1.82, 2.24) is 4.90 Å². The Kier molecular flexibility index (Phi) is 5.23. The lowest BCUT2D eigenvalue weighted by Crippen LogP contribution is -2.43. The molecule has 0 aromatic heterocycles. The third-order valence-electron chi connectivity index (χ3n) is 3.98. The minimum absolute atomic E-state index is 0.306. The fourth-order valence-corrected chi connectivity index (χ4v) is 2.65. The molecule has 2 atom stereocenters. The van der Waals surface area contributed by atoms with Crippen molar-refractivity contribution in [2.45, 2.75) is 32.7 Å². The largest absolute Gasteiger partial charge is 0.492 e. The standard InChI is InChI=1S/C16H26N2O/c1-13-5-7-16(8-6-13)19-11-10-18-9-3-4-15(12-18)14(2)17/h5-8,14-15H,3-4,9-12,17H2,1-2H3. The number of nitrogens with zero attached hydrogens (tertiary/aromatic N) is 1. The number of benzene rings is 1. The maximum atomic E-state index is 6.01. The molecule has 0 saturated carbocycles. The molecule has 0 spiro atoms. The minimum atomic E-state index is 0.306. The van der Waals surface area contributed by atoms with Crippen LogP contribution < -0.4 is 10.5 Å². The molecule has 3 nitrogen and oxygen atoms in total. The number of piperidine rings is 1. The number of likely N-dealkylation sites (tertiary alicyclic amines) is 1. The third kappa shape index (κ3) is 4.51. The molecule has 2 N–H and O–H groups in total. The van der Waals surface area contributed by atoms with Crippen LogP contribution >= 0.6 is 0 Å². The van der Waals surface area contributed by atoms with E-state index in [0.717, 1.165) is 25.4 Å². The van der Waals surface area contributed by atoms with Crippen LogP contribution in [0.1, 0.15) is 25.3 Å². The lowest BCUT2D eigenvalue weighted by molar-refractivity contribution is 0.137. The molecule has 0 radical (unpaired) electrons. The summed E-state index contributed by atoms with van der Waals surface area (Å²) in [4.78, 5) is 2.48. The Balaban J connectivity index is 1.72. The summed E-state index contributed by atoms with van der Waals surface area (Å²) in [5, 5.41) is 0. The van der Waals surface area contributed by atoms with E-state index in [1.165, 1.54) is 24.9 Å². The summed E-state index contributed by atoms with van der Waals surface area (Å²) in [5.74, 6) is 1.61. The highest BCUT2D eigenvalue weighted by Gasteiger charge is 2.22. The average molecular weight is 262 g/mol. The zero-order chi connectivity index (χ0) is 13.7. The summed E-state index contributed by atoms with van der Waals surface area (Å²) < 4.78 is 5.79. The normalized spacial score (nSPS) is 22.2. The summed E-state index contributed by atoms with van der Waals surface area (Å²) in [6.45, 7) is 8.27. The van der Waals surface area contributed by atoms with E-state index >= 15 is 0 Å². The van der Waals surface area contributed by atoms with Crippen molar-refractivity contribution in [3.63, 3.8) is 0 Å². The van der Waals surface area contributed by atoms with Gasteiger partial charge >= 0.3 is 0 Å². The fraction of sp³-hybridized carbons (Fsp3) is 0.625. The van der Waals surface area contributed by atoms with Gasteiger partial charge in [0.1, 0.15) is 12.4 Å². The number of rotatable bonds is 5. The summed E-state index contributed by atoms with van der Waals surface area (Å²) in [6.07, 6.45) is 2.53. The highest BCUT2D eigenvalue weighted by atomic mass is 16.5. The summed E-state index contributed by atoms with van der Waals surface area (Å²) in [6, 6.07) is 8.55. The van der Waals surface area contributed by atoms with E-state index in [1.807, 2.05) is 12.1 Å². The highest BCUT2D eigenvalue weighted by molar-refractivity contribution is 5.26. The number of hydrogen-bond donors (Lipinski definition) is 1. The summed E-state index contributed by atoms with van der Waals surface area (Å²) in [7, 11) is 0. The molecule has 1 aromatic carbocycles.